The zero-order valence-corrected chi connectivity index (χ0v) is 11.0. The molecule has 0 aliphatic carbocycles. The summed E-state index contributed by atoms with van der Waals surface area (Å²) in [4.78, 5) is 23.4. The minimum atomic E-state index is -0.898. The van der Waals surface area contributed by atoms with E-state index in [1.165, 1.54) is 13.0 Å². The molecule has 0 amide bonds. The number of aryl methyl sites for hydroxylation is 1. The maximum Gasteiger partial charge on any atom is 0.350 e. The van der Waals surface area contributed by atoms with Crippen molar-refractivity contribution in [3.63, 3.8) is 0 Å². The van der Waals surface area contributed by atoms with E-state index in [-0.39, 0.29) is 12.2 Å². The van der Waals surface area contributed by atoms with Crippen LogP contribution in [0, 0.1) is 12.3 Å². The molecule has 0 fully saturated rings. The number of Topliss-reactive ketones (excluding diaryl/α,β-unsaturated/α-hetero) is 1. The van der Waals surface area contributed by atoms with E-state index in [0.29, 0.717) is 0 Å². The van der Waals surface area contributed by atoms with Crippen LogP contribution in [0.25, 0.3) is 0 Å². The van der Waals surface area contributed by atoms with Crippen LogP contribution >= 0.6 is 0 Å². The van der Waals surface area contributed by atoms with Crippen LogP contribution in [0.15, 0.2) is 15.3 Å². The zero-order chi connectivity index (χ0) is 14.1. The molecule has 5 heteroatoms. The van der Waals surface area contributed by atoms with Crippen molar-refractivity contribution in [1.29, 1.82) is 0 Å². The molecule has 0 saturated carbocycles. The third-order valence-corrected chi connectivity index (χ3v) is 2.71. The third-order valence-electron chi connectivity index (χ3n) is 2.71. The number of carbonyl (C=O) groups excluding carboxylic acids is 1. The van der Waals surface area contributed by atoms with Gasteiger partial charge in [-0.05, 0) is 12.3 Å². The average Bonchev–Trinajstić information content (AvgIpc) is 2.13. The minimum Gasteiger partial charge on any atom is -0.507 e. The lowest BCUT2D eigenvalue weighted by molar-refractivity contribution is 0.0491. The van der Waals surface area contributed by atoms with Gasteiger partial charge in [0.1, 0.15) is 17.1 Å². The van der Waals surface area contributed by atoms with E-state index < -0.39 is 34.2 Å². The van der Waals surface area contributed by atoms with Crippen molar-refractivity contribution < 1.29 is 19.4 Å². The fourth-order valence-electron chi connectivity index (χ4n) is 1.44. The summed E-state index contributed by atoms with van der Waals surface area (Å²) in [5.74, 6) is -0.802. The van der Waals surface area contributed by atoms with Gasteiger partial charge in [-0.25, -0.2) is 4.79 Å². The molecule has 1 heterocycles. The SMILES string of the molecule is Cc1cc(O)c(C(=O)CC(O)C(C)(C)C)c(=O)o1. The van der Waals surface area contributed by atoms with Crippen LogP contribution in [0.5, 0.6) is 5.75 Å². The molecule has 0 aliphatic heterocycles. The summed E-state index contributed by atoms with van der Waals surface area (Å²) in [7, 11) is 0. The van der Waals surface area contributed by atoms with Crippen LogP contribution in [0.4, 0.5) is 0 Å². The number of aliphatic hydroxyl groups excluding tert-OH is 1. The van der Waals surface area contributed by atoms with Gasteiger partial charge in [-0.3, -0.25) is 4.79 Å². The van der Waals surface area contributed by atoms with Gasteiger partial charge in [0.2, 0.25) is 0 Å². The van der Waals surface area contributed by atoms with Gasteiger partial charge in [-0.15, -0.1) is 0 Å². The van der Waals surface area contributed by atoms with Crippen LogP contribution in [0.2, 0.25) is 0 Å². The molecule has 1 atom stereocenters. The van der Waals surface area contributed by atoms with Gasteiger partial charge in [0.15, 0.2) is 5.78 Å². The number of rotatable bonds is 3. The molecule has 1 aromatic heterocycles. The zero-order valence-electron chi connectivity index (χ0n) is 11.0. The lowest BCUT2D eigenvalue weighted by atomic mass is 9.85. The van der Waals surface area contributed by atoms with Gasteiger partial charge < -0.3 is 14.6 Å². The molecule has 0 spiro atoms. The summed E-state index contributed by atoms with van der Waals surface area (Å²) < 4.78 is 4.76. The van der Waals surface area contributed by atoms with Gasteiger partial charge in [-0.2, -0.15) is 0 Å². The van der Waals surface area contributed by atoms with Crippen molar-refractivity contribution in [2.45, 2.75) is 40.2 Å². The van der Waals surface area contributed by atoms with Crippen molar-refractivity contribution in [2.24, 2.45) is 5.41 Å². The molecule has 1 unspecified atom stereocenters. The highest BCUT2D eigenvalue weighted by Gasteiger charge is 2.28. The maximum atomic E-state index is 11.9. The molecule has 2 N–H and O–H groups in total. The fraction of sp³-hybridized carbons (Fsp3) is 0.538. The second kappa shape index (κ2) is 4.94. The van der Waals surface area contributed by atoms with E-state index in [9.17, 15) is 19.8 Å². The van der Waals surface area contributed by atoms with E-state index in [2.05, 4.69) is 0 Å². The third kappa shape index (κ3) is 3.20. The number of hydrogen-bond donors (Lipinski definition) is 2. The Balaban J connectivity index is 3.03. The van der Waals surface area contributed by atoms with E-state index >= 15 is 0 Å². The first-order valence-electron chi connectivity index (χ1n) is 5.68. The van der Waals surface area contributed by atoms with Gasteiger partial charge in [0, 0.05) is 12.5 Å². The standard InChI is InChI=1S/C13H18O5/c1-7-5-8(14)11(12(17)18-7)9(15)6-10(16)13(2,3)4/h5,10,14,16H,6H2,1-4H3. The van der Waals surface area contributed by atoms with Crippen molar-refractivity contribution in [3.05, 3.63) is 27.8 Å². The predicted octanol–water partition coefficient (Wildman–Crippen LogP) is 1.63. The Labute approximate surface area is 105 Å². The molecule has 0 bridgehead atoms. The largest absolute Gasteiger partial charge is 0.507 e. The Morgan fingerprint density at radius 1 is 1.44 bits per heavy atom. The predicted molar refractivity (Wildman–Crippen MR) is 65.8 cm³/mol. The summed E-state index contributed by atoms with van der Waals surface area (Å²) in [5.41, 5.74) is -1.75. The Bertz CT molecular complexity index is 507. The highest BCUT2D eigenvalue weighted by atomic mass is 16.4. The highest BCUT2D eigenvalue weighted by Crippen LogP contribution is 2.24. The summed E-state index contributed by atoms with van der Waals surface area (Å²) in [5, 5.41) is 19.4. The quantitative estimate of drug-likeness (QED) is 0.800. The molecular weight excluding hydrogens is 236 g/mol. The van der Waals surface area contributed by atoms with E-state index in [1.807, 2.05) is 0 Å². The molecule has 0 radical (unpaired) electrons. The summed E-state index contributed by atoms with van der Waals surface area (Å²) in [6.45, 7) is 6.84. The maximum absolute atomic E-state index is 11.9. The van der Waals surface area contributed by atoms with Crippen molar-refractivity contribution >= 4 is 5.78 Å². The molecular formula is C13H18O5. The lowest BCUT2D eigenvalue weighted by Crippen LogP contribution is -2.30. The first kappa shape index (κ1) is 14.4. The Hall–Kier alpha value is -1.62. The monoisotopic (exact) mass is 254 g/mol. The fourth-order valence-corrected chi connectivity index (χ4v) is 1.44. The van der Waals surface area contributed by atoms with Crippen molar-refractivity contribution in [3.8, 4) is 5.75 Å². The van der Waals surface area contributed by atoms with E-state index in [0.717, 1.165) is 0 Å². The molecule has 0 aromatic carbocycles. The van der Waals surface area contributed by atoms with Crippen LogP contribution in [-0.4, -0.2) is 22.1 Å². The van der Waals surface area contributed by atoms with Crippen molar-refractivity contribution in [2.75, 3.05) is 0 Å². The highest BCUT2D eigenvalue weighted by molar-refractivity contribution is 5.98. The second-order valence-corrected chi connectivity index (χ2v) is 5.41. The summed E-state index contributed by atoms with van der Waals surface area (Å²) in [6.07, 6.45) is -1.13. The molecule has 1 aromatic rings. The molecule has 1 rings (SSSR count). The van der Waals surface area contributed by atoms with Crippen LogP contribution in [0.3, 0.4) is 0 Å². The lowest BCUT2D eigenvalue weighted by Gasteiger charge is -2.25. The Morgan fingerprint density at radius 3 is 2.44 bits per heavy atom. The van der Waals surface area contributed by atoms with Crippen molar-refractivity contribution in [1.82, 2.24) is 0 Å². The van der Waals surface area contributed by atoms with Gasteiger partial charge in [-0.1, -0.05) is 20.8 Å². The molecule has 18 heavy (non-hydrogen) atoms. The number of ketones is 1. The minimum absolute atomic E-state index is 0.227. The topological polar surface area (TPSA) is 87.7 Å². The van der Waals surface area contributed by atoms with Gasteiger partial charge in [0.05, 0.1) is 6.10 Å². The second-order valence-electron chi connectivity index (χ2n) is 5.41. The van der Waals surface area contributed by atoms with Gasteiger partial charge in [0.25, 0.3) is 0 Å². The molecule has 5 nitrogen and oxygen atoms in total. The molecule has 100 valence electrons. The first-order valence-corrected chi connectivity index (χ1v) is 5.68. The van der Waals surface area contributed by atoms with Crippen LogP contribution in [0.1, 0.15) is 43.3 Å². The summed E-state index contributed by atoms with van der Waals surface area (Å²) in [6, 6.07) is 1.21. The number of carbonyl (C=O) groups is 1. The number of hydrogen-bond acceptors (Lipinski definition) is 5. The Kier molecular flexibility index (Phi) is 3.96. The molecule has 0 saturated heterocycles. The first-order chi connectivity index (χ1) is 8.12. The van der Waals surface area contributed by atoms with E-state index in [1.54, 1.807) is 20.8 Å². The summed E-state index contributed by atoms with van der Waals surface area (Å²) >= 11 is 0. The Morgan fingerprint density at radius 2 is 2.00 bits per heavy atom. The van der Waals surface area contributed by atoms with E-state index in [4.69, 9.17) is 4.42 Å². The van der Waals surface area contributed by atoms with Crippen LogP contribution < -0.4 is 5.63 Å². The number of aromatic hydroxyl groups is 1. The number of aliphatic hydroxyl groups is 1. The van der Waals surface area contributed by atoms with Crippen LogP contribution in [-0.2, 0) is 0 Å². The normalized spacial score (nSPS) is 13.4. The van der Waals surface area contributed by atoms with Gasteiger partial charge >= 0.3 is 5.63 Å². The smallest absolute Gasteiger partial charge is 0.350 e. The molecule has 0 aliphatic rings. The average molecular weight is 254 g/mol.